The molecule has 7 heteroatoms. The maximum atomic E-state index is 13.4. The van der Waals surface area contributed by atoms with E-state index >= 15 is 0 Å². The molecule has 0 aliphatic carbocycles. The predicted molar refractivity (Wildman–Crippen MR) is 132 cm³/mol. The number of hydrogen-bond donors (Lipinski definition) is 1. The van der Waals surface area contributed by atoms with E-state index in [0.717, 1.165) is 28.1 Å². The molecular weight excluding hydrogens is 436 g/mol. The summed E-state index contributed by atoms with van der Waals surface area (Å²) >= 11 is 1.30. The Hall–Kier alpha value is -3.84. The van der Waals surface area contributed by atoms with Gasteiger partial charge in [-0.05, 0) is 73.6 Å². The summed E-state index contributed by atoms with van der Waals surface area (Å²) in [5.74, 6) is -0.802. The Kier molecular flexibility index (Phi) is 6.60. The van der Waals surface area contributed by atoms with Gasteiger partial charge < -0.3 is 9.84 Å². The predicted octanol–water partition coefficient (Wildman–Crippen LogP) is 5.58. The highest BCUT2D eigenvalue weighted by Crippen LogP contribution is 2.37. The number of aliphatic imine (C=N–C) groups is 1. The van der Waals surface area contributed by atoms with E-state index in [-0.39, 0.29) is 5.91 Å². The summed E-state index contributed by atoms with van der Waals surface area (Å²) in [7, 11) is 0. The monoisotopic (exact) mass is 458 g/mol. The normalized spacial score (nSPS) is 15.9. The number of ether oxygens (including phenoxy) is 1. The minimum Gasteiger partial charge on any atom is -0.482 e. The molecule has 166 valence electrons. The Balaban J connectivity index is 1.69. The molecule has 33 heavy (non-hydrogen) atoms. The zero-order valence-corrected chi connectivity index (χ0v) is 19.0. The molecule has 4 rings (SSSR count). The third kappa shape index (κ3) is 5.51. The van der Waals surface area contributed by atoms with E-state index in [1.54, 1.807) is 29.2 Å². The average molecular weight is 459 g/mol. The summed E-state index contributed by atoms with van der Waals surface area (Å²) in [5.41, 5.74) is 4.47. The zero-order valence-electron chi connectivity index (χ0n) is 18.2. The number of amidine groups is 1. The van der Waals surface area contributed by atoms with E-state index in [0.29, 0.717) is 15.8 Å². The van der Waals surface area contributed by atoms with Crippen LogP contribution in [-0.4, -0.2) is 28.8 Å². The van der Waals surface area contributed by atoms with Crippen LogP contribution in [0.2, 0.25) is 0 Å². The van der Waals surface area contributed by atoms with E-state index in [1.165, 1.54) is 11.8 Å². The van der Waals surface area contributed by atoms with Crippen LogP contribution in [0.25, 0.3) is 6.08 Å². The van der Waals surface area contributed by atoms with Gasteiger partial charge in [0.05, 0.1) is 16.3 Å². The third-order valence-corrected chi connectivity index (χ3v) is 5.84. The highest BCUT2D eigenvalue weighted by Gasteiger charge is 2.34. The molecule has 0 atom stereocenters. The number of carboxylic acid groups (broad SMARTS) is 1. The molecule has 0 bridgehead atoms. The number of carbonyl (C=O) groups excluding carboxylic acids is 1. The molecule has 0 aromatic heterocycles. The molecule has 1 aliphatic rings. The maximum Gasteiger partial charge on any atom is 0.341 e. The Labute approximate surface area is 196 Å². The summed E-state index contributed by atoms with van der Waals surface area (Å²) in [6.07, 6.45) is 1.76. The molecule has 1 fully saturated rings. The maximum absolute atomic E-state index is 13.4. The van der Waals surface area contributed by atoms with E-state index in [4.69, 9.17) is 14.8 Å². The first-order valence-corrected chi connectivity index (χ1v) is 11.1. The summed E-state index contributed by atoms with van der Waals surface area (Å²) in [5, 5.41) is 9.39. The summed E-state index contributed by atoms with van der Waals surface area (Å²) in [6, 6.07) is 22.5. The van der Waals surface area contributed by atoms with Crippen molar-refractivity contribution in [2.75, 3.05) is 11.5 Å². The second-order valence-corrected chi connectivity index (χ2v) is 8.58. The fourth-order valence-corrected chi connectivity index (χ4v) is 4.19. The van der Waals surface area contributed by atoms with Crippen LogP contribution in [0.5, 0.6) is 5.75 Å². The standard InChI is InChI=1S/C26H22N2O4S/c1-17-6-10-20(11-7-17)27-26-28(21-12-8-18(2)9-13-21)25(31)23(33-26)15-19-4-3-5-22(14-19)32-16-24(29)30/h3-15H,16H2,1-2H3,(H,29,30)/b23-15+,27-26?. The Morgan fingerprint density at radius 1 is 1.03 bits per heavy atom. The number of rotatable bonds is 6. The number of carbonyl (C=O) groups is 2. The van der Waals surface area contributed by atoms with Crippen molar-refractivity contribution in [2.24, 2.45) is 4.99 Å². The Morgan fingerprint density at radius 3 is 2.36 bits per heavy atom. The van der Waals surface area contributed by atoms with E-state index in [9.17, 15) is 9.59 Å². The number of thioether (sulfide) groups is 1. The molecule has 1 amide bonds. The van der Waals surface area contributed by atoms with Crippen LogP contribution in [0, 0.1) is 13.8 Å². The topological polar surface area (TPSA) is 79.2 Å². The zero-order chi connectivity index (χ0) is 23.4. The minimum absolute atomic E-state index is 0.174. The molecule has 1 heterocycles. The smallest absolute Gasteiger partial charge is 0.341 e. The number of benzene rings is 3. The first-order valence-electron chi connectivity index (χ1n) is 10.3. The van der Waals surface area contributed by atoms with Gasteiger partial charge in [-0.15, -0.1) is 0 Å². The van der Waals surface area contributed by atoms with Gasteiger partial charge in [0.2, 0.25) is 0 Å². The van der Waals surface area contributed by atoms with Crippen molar-refractivity contribution in [3.63, 3.8) is 0 Å². The molecule has 6 nitrogen and oxygen atoms in total. The summed E-state index contributed by atoms with van der Waals surface area (Å²) in [6.45, 7) is 3.58. The van der Waals surface area contributed by atoms with Gasteiger partial charge in [-0.3, -0.25) is 9.69 Å². The van der Waals surface area contributed by atoms with E-state index in [1.807, 2.05) is 68.4 Å². The number of nitrogens with zero attached hydrogens (tertiary/aromatic N) is 2. The van der Waals surface area contributed by atoms with Crippen molar-refractivity contribution in [1.29, 1.82) is 0 Å². The lowest BCUT2D eigenvalue weighted by Gasteiger charge is -2.16. The van der Waals surface area contributed by atoms with Crippen molar-refractivity contribution >= 4 is 46.3 Å². The summed E-state index contributed by atoms with van der Waals surface area (Å²) < 4.78 is 5.26. The molecule has 0 spiro atoms. The van der Waals surface area contributed by atoms with Crippen LogP contribution in [-0.2, 0) is 9.59 Å². The highest BCUT2D eigenvalue weighted by atomic mass is 32.2. The fourth-order valence-electron chi connectivity index (χ4n) is 3.19. The van der Waals surface area contributed by atoms with Crippen LogP contribution >= 0.6 is 11.8 Å². The quantitative estimate of drug-likeness (QED) is 0.488. The van der Waals surface area contributed by atoms with Crippen LogP contribution < -0.4 is 9.64 Å². The van der Waals surface area contributed by atoms with Crippen LogP contribution in [0.1, 0.15) is 16.7 Å². The van der Waals surface area contributed by atoms with E-state index in [2.05, 4.69) is 0 Å². The third-order valence-electron chi connectivity index (χ3n) is 4.88. The molecular formula is C26H22N2O4S. The van der Waals surface area contributed by atoms with Crippen LogP contribution in [0.4, 0.5) is 11.4 Å². The second kappa shape index (κ2) is 9.75. The van der Waals surface area contributed by atoms with Crippen LogP contribution in [0.3, 0.4) is 0 Å². The second-order valence-electron chi connectivity index (χ2n) is 7.57. The number of aliphatic carboxylic acids is 1. The fraction of sp³-hybridized carbons (Fsp3) is 0.115. The lowest BCUT2D eigenvalue weighted by atomic mass is 10.2. The van der Waals surface area contributed by atoms with Crippen molar-refractivity contribution in [1.82, 2.24) is 0 Å². The number of amides is 1. The molecule has 1 saturated heterocycles. The molecule has 0 saturated carbocycles. The van der Waals surface area contributed by atoms with Gasteiger partial charge in [0, 0.05) is 0 Å². The number of anilines is 1. The van der Waals surface area contributed by atoms with Gasteiger partial charge in [-0.25, -0.2) is 9.79 Å². The van der Waals surface area contributed by atoms with E-state index < -0.39 is 12.6 Å². The van der Waals surface area contributed by atoms with Gasteiger partial charge >= 0.3 is 5.97 Å². The van der Waals surface area contributed by atoms with Crippen LogP contribution in [0.15, 0.2) is 82.7 Å². The van der Waals surface area contributed by atoms with Crippen molar-refractivity contribution < 1.29 is 19.4 Å². The number of hydrogen-bond acceptors (Lipinski definition) is 5. The molecule has 3 aromatic carbocycles. The Bertz CT molecular complexity index is 1250. The van der Waals surface area contributed by atoms with Gasteiger partial charge in [-0.1, -0.05) is 47.5 Å². The number of aryl methyl sites for hydroxylation is 2. The van der Waals surface area contributed by atoms with Gasteiger partial charge in [0.25, 0.3) is 5.91 Å². The average Bonchev–Trinajstić information content (AvgIpc) is 3.09. The molecule has 3 aromatic rings. The molecule has 0 unspecified atom stereocenters. The first-order chi connectivity index (χ1) is 15.9. The van der Waals surface area contributed by atoms with Gasteiger partial charge in [0.1, 0.15) is 5.75 Å². The first kappa shape index (κ1) is 22.4. The minimum atomic E-state index is -1.05. The van der Waals surface area contributed by atoms with Crippen molar-refractivity contribution in [2.45, 2.75) is 13.8 Å². The SMILES string of the molecule is Cc1ccc(N=C2S/C(=C/c3cccc(OCC(=O)O)c3)C(=O)N2c2ccc(C)cc2)cc1. The lowest BCUT2D eigenvalue weighted by molar-refractivity contribution is -0.139. The van der Waals surface area contributed by atoms with Crippen molar-refractivity contribution in [3.8, 4) is 5.75 Å². The number of carboxylic acids is 1. The largest absolute Gasteiger partial charge is 0.482 e. The van der Waals surface area contributed by atoms with Crippen molar-refractivity contribution in [3.05, 3.63) is 94.4 Å². The highest BCUT2D eigenvalue weighted by molar-refractivity contribution is 8.19. The molecule has 0 radical (unpaired) electrons. The van der Waals surface area contributed by atoms with Gasteiger partial charge in [-0.2, -0.15) is 0 Å². The summed E-state index contributed by atoms with van der Waals surface area (Å²) in [4.78, 5) is 31.0. The lowest BCUT2D eigenvalue weighted by Crippen LogP contribution is -2.28. The molecule has 1 aliphatic heterocycles. The molecule has 1 N–H and O–H groups in total. The Morgan fingerprint density at radius 2 is 1.70 bits per heavy atom. The van der Waals surface area contributed by atoms with Gasteiger partial charge in [0.15, 0.2) is 11.8 Å².